The molecule has 0 unspecified atom stereocenters. The maximum Gasteiger partial charge on any atom is 0.225 e. The summed E-state index contributed by atoms with van der Waals surface area (Å²) in [6, 6.07) is 4.13. The molecule has 132 valence electrons. The maximum absolute atomic E-state index is 12.7. The van der Waals surface area contributed by atoms with Crippen LogP contribution >= 0.6 is 0 Å². The molecule has 1 aliphatic carbocycles. The molecule has 5 heteroatoms. The lowest BCUT2D eigenvalue weighted by atomic mass is 9.94. The van der Waals surface area contributed by atoms with E-state index in [2.05, 4.69) is 22.0 Å². The first-order valence-electron chi connectivity index (χ1n) is 9.12. The summed E-state index contributed by atoms with van der Waals surface area (Å²) in [5.41, 5.74) is 0.506. The smallest absolute Gasteiger partial charge is 0.225 e. The highest BCUT2D eigenvalue weighted by Crippen LogP contribution is 2.31. The summed E-state index contributed by atoms with van der Waals surface area (Å²) in [5, 5.41) is 10.5. The third-order valence-corrected chi connectivity index (χ3v) is 5.51. The third kappa shape index (κ3) is 3.89. The van der Waals surface area contributed by atoms with Crippen LogP contribution in [0.4, 0.5) is 5.82 Å². The van der Waals surface area contributed by atoms with Gasteiger partial charge < -0.3 is 14.9 Å². The van der Waals surface area contributed by atoms with Gasteiger partial charge in [0.25, 0.3) is 0 Å². The van der Waals surface area contributed by atoms with Crippen LogP contribution in [0, 0.1) is 12.8 Å². The van der Waals surface area contributed by atoms with Gasteiger partial charge >= 0.3 is 0 Å². The Kier molecular flexibility index (Phi) is 5.09. The molecule has 24 heavy (non-hydrogen) atoms. The number of anilines is 1. The average Bonchev–Trinajstić information content (AvgIpc) is 3.01. The number of piperidine rings is 1. The lowest BCUT2D eigenvalue weighted by Crippen LogP contribution is -2.46. The molecule has 0 atom stereocenters. The zero-order chi connectivity index (χ0) is 17.2. The quantitative estimate of drug-likeness (QED) is 0.920. The number of pyridine rings is 1. The van der Waals surface area contributed by atoms with E-state index in [1.165, 1.54) is 0 Å². The summed E-state index contributed by atoms with van der Waals surface area (Å²) < 4.78 is 0. The molecular formula is C19H29N3O2. The Morgan fingerprint density at radius 2 is 2.00 bits per heavy atom. The standard InChI is InChI=1S/C19H29N3O2/c1-15-5-6-17(20-13-15)22-11-7-16(8-12-22)18(23)21(2)14-19(24)9-3-4-10-19/h5-6,13,16,24H,3-4,7-12,14H2,1-2H3. The number of hydrogen-bond donors (Lipinski definition) is 1. The second-order valence-electron chi connectivity index (χ2n) is 7.58. The largest absolute Gasteiger partial charge is 0.388 e. The highest BCUT2D eigenvalue weighted by Gasteiger charge is 2.35. The first-order valence-corrected chi connectivity index (χ1v) is 9.12. The molecule has 2 fully saturated rings. The molecular weight excluding hydrogens is 302 g/mol. The molecule has 0 radical (unpaired) electrons. The van der Waals surface area contributed by atoms with E-state index in [0.29, 0.717) is 6.54 Å². The van der Waals surface area contributed by atoms with Crippen molar-refractivity contribution in [2.24, 2.45) is 5.92 Å². The highest BCUT2D eigenvalue weighted by molar-refractivity contribution is 5.79. The van der Waals surface area contributed by atoms with E-state index in [1.807, 2.05) is 20.2 Å². The Balaban J connectivity index is 1.52. The molecule has 1 aliphatic heterocycles. The number of carbonyl (C=O) groups excluding carboxylic acids is 1. The molecule has 0 spiro atoms. The molecule has 0 bridgehead atoms. The SMILES string of the molecule is Cc1ccc(N2CCC(C(=O)N(C)CC3(O)CCCC3)CC2)nc1. The van der Waals surface area contributed by atoms with Gasteiger partial charge in [-0.25, -0.2) is 4.98 Å². The van der Waals surface area contributed by atoms with Gasteiger partial charge in [0, 0.05) is 38.8 Å². The number of hydrogen-bond acceptors (Lipinski definition) is 4. The lowest BCUT2D eigenvalue weighted by Gasteiger charge is -2.35. The molecule has 0 aromatic carbocycles. The van der Waals surface area contributed by atoms with Crippen molar-refractivity contribution in [2.45, 2.75) is 51.0 Å². The van der Waals surface area contributed by atoms with E-state index >= 15 is 0 Å². The molecule has 2 heterocycles. The van der Waals surface area contributed by atoms with Crippen molar-refractivity contribution in [2.75, 3.05) is 31.6 Å². The average molecular weight is 331 g/mol. The molecule has 5 nitrogen and oxygen atoms in total. The van der Waals surface area contributed by atoms with Gasteiger partial charge in [0.15, 0.2) is 0 Å². The second kappa shape index (κ2) is 7.09. The predicted molar refractivity (Wildman–Crippen MR) is 95.0 cm³/mol. The molecule has 3 rings (SSSR count). The van der Waals surface area contributed by atoms with Crippen LogP contribution in [-0.4, -0.2) is 53.2 Å². The van der Waals surface area contributed by atoms with Gasteiger partial charge in [-0.05, 0) is 44.2 Å². The van der Waals surface area contributed by atoms with Gasteiger partial charge in [-0.15, -0.1) is 0 Å². The van der Waals surface area contributed by atoms with Crippen molar-refractivity contribution < 1.29 is 9.90 Å². The van der Waals surface area contributed by atoms with Crippen LogP contribution in [0.3, 0.4) is 0 Å². The van der Waals surface area contributed by atoms with E-state index in [-0.39, 0.29) is 11.8 Å². The topological polar surface area (TPSA) is 56.7 Å². The fraction of sp³-hybridized carbons (Fsp3) is 0.684. The van der Waals surface area contributed by atoms with Gasteiger partial charge in [0.1, 0.15) is 5.82 Å². The van der Waals surface area contributed by atoms with Gasteiger partial charge in [0.05, 0.1) is 5.60 Å². The van der Waals surface area contributed by atoms with Crippen LogP contribution in [0.5, 0.6) is 0 Å². The van der Waals surface area contributed by atoms with E-state index in [1.54, 1.807) is 4.90 Å². The summed E-state index contributed by atoms with van der Waals surface area (Å²) >= 11 is 0. The second-order valence-corrected chi connectivity index (χ2v) is 7.58. The molecule has 1 aromatic heterocycles. The molecule has 2 aliphatic rings. The summed E-state index contributed by atoms with van der Waals surface area (Å²) in [7, 11) is 1.84. The van der Waals surface area contributed by atoms with Gasteiger partial charge in [-0.3, -0.25) is 4.79 Å². The van der Waals surface area contributed by atoms with Crippen molar-refractivity contribution in [1.29, 1.82) is 0 Å². The van der Waals surface area contributed by atoms with Crippen molar-refractivity contribution in [3.8, 4) is 0 Å². The van der Waals surface area contributed by atoms with Crippen LogP contribution in [0.15, 0.2) is 18.3 Å². The normalized spacial score (nSPS) is 21.0. The summed E-state index contributed by atoms with van der Waals surface area (Å²) in [4.78, 5) is 21.2. The van der Waals surface area contributed by atoms with Crippen molar-refractivity contribution in [3.63, 3.8) is 0 Å². The summed E-state index contributed by atoms with van der Waals surface area (Å²) in [6.07, 6.45) is 7.39. The number of aliphatic hydroxyl groups is 1. The Labute approximate surface area is 144 Å². The number of amides is 1. The van der Waals surface area contributed by atoms with Crippen molar-refractivity contribution >= 4 is 11.7 Å². The highest BCUT2D eigenvalue weighted by atomic mass is 16.3. The van der Waals surface area contributed by atoms with E-state index in [4.69, 9.17) is 0 Å². The number of rotatable bonds is 4. The van der Waals surface area contributed by atoms with Crippen LogP contribution in [0.1, 0.15) is 44.1 Å². The Morgan fingerprint density at radius 3 is 2.58 bits per heavy atom. The minimum absolute atomic E-state index is 0.0710. The Hall–Kier alpha value is -1.62. The van der Waals surface area contributed by atoms with Crippen molar-refractivity contribution in [1.82, 2.24) is 9.88 Å². The van der Waals surface area contributed by atoms with Crippen molar-refractivity contribution in [3.05, 3.63) is 23.9 Å². The molecule has 1 N–H and O–H groups in total. The minimum atomic E-state index is -0.656. The minimum Gasteiger partial charge on any atom is -0.388 e. The predicted octanol–water partition coefficient (Wildman–Crippen LogP) is 2.37. The zero-order valence-corrected chi connectivity index (χ0v) is 14.9. The third-order valence-electron chi connectivity index (χ3n) is 5.51. The number of likely N-dealkylation sites (N-methyl/N-ethyl adjacent to an activating group) is 1. The van der Waals surface area contributed by atoms with E-state index in [0.717, 1.165) is 63.0 Å². The van der Waals surface area contributed by atoms with Crippen LogP contribution in [-0.2, 0) is 4.79 Å². The monoisotopic (exact) mass is 331 g/mol. The van der Waals surface area contributed by atoms with E-state index < -0.39 is 5.60 Å². The lowest BCUT2D eigenvalue weighted by molar-refractivity contribution is -0.138. The maximum atomic E-state index is 12.7. The fourth-order valence-corrected chi connectivity index (χ4v) is 4.02. The fourth-order valence-electron chi connectivity index (χ4n) is 4.02. The number of aromatic nitrogens is 1. The summed E-state index contributed by atoms with van der Waals surface area (Å²) in [6.45, 7) is 4.25. The first kappa shape index (κ1) is 17.2. The summed E-state index contributed by atoms with van der Waals surface area (Å²) in [5.74, 6) is 1.26. The van der Waals surface area contributed by atoms with Crippen LogP contribution in [0.2, 0.25) is 0 Å². The number of nitrogens with zero attached hydrogens (tertiary/aromatic N) is 3. The molecule has 1 saturated carbocycles. The van der Waals surface area contributed by atoms with Crippen LogP contribution < -0.4 is 4.90 Å². The number of carbonyl (C=O) groups is 1. The molecule has 1 aromatic rings. The molecule has 1 saturated heterocycles. The van der Waals surface area contributed by atoms with Gasteiger partial charge in [-0.2, -0.15) is 0 Å². The zero-order valence-electron chi connectivity index (χ0n) is 14.9. The first-order chi connectivity index (χ1) is 11.5. The Bertz CT molecular complexity index is 558. The Morgan fingerprint density at radius 1 is 1.33 bits per heavy atom. The molecule has 1 amide bonds. The van der Waals surface area contributed by atoms with Gasteiger partial charge in [-0.1, -0.05) is 18.9 Å². The van der Waals surface area contributed by atoms with Gasteiger partial charge in [0.2, 0.25) is 5.91 Å². The number of aryl methyl sites for hydroxylation is 1. The van der Waals surface area contributed by atoms with E-state index in [9.17, 15) is 9.90 Å². The van der Waals surface area contributed by atoms with Crippen LogP contribution in [0.25, 0.3) is 0 Å².